The Morgan fingerprint density at radius 1 is 1.60 bits per heavy atom. The first-order chi connectivity index (χ1) is 7.31. The fourth-order valence-corrected chi connectivity index (χ4v) is 1.89. The highest BCUT2D eigenvalue weighted by molar-refractivity contribution is 5.99. The van der Waals surface area contributed by atoms with Crippen molar-refractivity contribution in [3.05, 3.63) is 35.8 Å². The van der Waals surface area contributed by atoms with Gasteiger partial charge in [-0.25, -0.2) is 0 Å². The number of hydrogen-bond acceptors (Lipinski definition) is 3. The summed E-state index contributed by atoms with van der Waals surface area (Å²) < 4.78 is 10.2. The second-order valence-electron chi connectivity index (χ2n) is 3.74. The maximum Gasteiger partial charge on any atom is 0.164 e. The molecule has 0 radical (unpaired) electrons. The van der Waals surface area contributed by atoms with Crippen molar-refractivity contribution in [2.75, 3.05) is 13.7 Å². The monoisotopic (exact) mass is 206 g/mol. The molecule has 80 valence electrons. The molecule has 0 fully saturated rings. The van der Waals surface area contributed by atoms with E-state index < -0.39 is 0 Å². The molecule has 0 saturated heterocycles. The third kappa shape index (κ3) is 2.18. The second kappa shape index (κ2) is 4.45. The zero-order valence-corrected chi connectivity index (χ0v) is 8.73. The van der Waals surface area contributed by atoms with Crippen LogP contribution in [0, 0.1) is 5.92 Å². The fourth-order valence-electron chi connectivity index (χ4n) is 1.89. The van der Waals surface area contributed by atoms with Crippen LogP contribution >= 0.6 is 0 Å². The molecule has 2 rings (SSSR count). The van der Waals surface area contributed by atoms with Gasteiger partial charge < -0.3 is 9.15 Å². The van der Waals surface area contributed by atoms with E-state index in [4.69, 9.17) is 9.15 Å². The van der Waals surface area contributed by atoms with Crippen LogP contribution in [0.5, 0.6) is 0 Å². The lowest BCUT2D eigenvalue weighted by molar-refractivity contribution is -0.118. The average Bonchev–Trinajstić information content (AvgIpc) is 2.83. The van der Waals surface area contributed by atoms with Crippen molar-refractivity contribution >= 4 is 5.78 Å². The van der Waals surface area contributed by atoms with Gasteiger partial charge in [0.1, 0.15) is 5.76 Å². The minimum absolute atomic E-state index is 0.0429. The number of furan rings is 1. The van der Waals surface area contributed by atoms with E-state index in [1.165, 1.54) is 0 Å². The van der Waals surface area contributed by atoms with E-state index in [1.54, 1.807) is 13.4 Å². The summed E-state index contributed by atoms with van der Waals surface area (Å²) in [5.41, 5.74) is 0.800. The van der Waals surface area contributed by atoms with Crippen molar-refractivity contribution < 1.29 is 13.9 Å². The van der Waals surface area contributed by atoms with Gasteiger partial charge in [0.15, 0.2) is 5.78 Å². The molecule has 0 N–H and O–H groups in total. The van der Waals surface area contributed by atoms with Gasteiger partial charge in [0.2, 0.25) is 0 Å². The number of carbonyl (C=O) groups excluding carboxylic acids is 1. The van der Waals surface area contributed by atoms with Gasteiger partial charge in [-0.1, -0.05) is 6.08 Å². The molecule has 1 unspecified atom stereocenters. The Labute approximate surface area is 88.7 Å². The molecule has 0 bridgehead atoms. The quantitative estimate of drug-likeness (QED) is 0.756. The summed E-state index contributed by atoms with van der Waals surface area (Å²) in [7, 11) is 1.61. The molecule has 1 heterocycles. The zero-order valence-electron chi connectivity index (χ0n) is 8.73. The molecule has 1 atom stereocenters. The van der Waals surface area contributed by atoms with Crippen molar-refractivity contribution in [3.8, 4) is 0 Å². The number of allylic oxidation sites excluding steroid dienone is 1. The standard InChI is InChI=1S/C12H14O3/c1-14-8-10-5-4-9(12(10)13)7-11-3-2-6-15-11/h2-3,5-6,9H,4,7-8H2,1H3. The highest BCUT2D eigenvalue weighted by Gasteiger charge is 2.27. The summed E-state index contributed by atoms with van der Waals surface area (Å²) in [4.78, 5) is 11.8. The van der Waals surface area contributed by atoms with Crippen LogP contribution in [0.3, 0.4) is 0 Å². The molecular weight excluding hydrogens is 192 g/mol. The van der Waals surface area contributed by atoms with Crippen LogP contribution < -0.4 is 0 Å². The average molecular weight is 206 g/mol. The molecule has 0 amide bonds. The maximum absolute atomic E-state index is 11.8. The highest BCUT2D eigenvalue weighted by atomic mass is 16.5. The fraction of sp³-hybridized carbons (Fsp3) is 0.417. The lowest BCUT2D eigenvalue weighted by Crippen LogP contribution is -2.15. The Hall–Kier alpha value is -1.35. The number of carbonyl (C=O) groups is 1. The number of Topliss-reactive ketones (excluding diaryl/α,β-unsaturated/α-hetero) is 1. The summed E-state index contributed by atoms with van der Waals surface area (Å²) in [6.07, 6.45) is 5.10. The highest BCUT2D eigenvalue weighted by Crippen LogP contribution is 2.25. The van der Waals surface area contributed by atoms with Crippen LogP contribution in [0.1, 0.15) is 12.2 Å². The van der Waals surface area contributed by atoms with Gasteiger partial charge in [0, 0.05) is 25.0 Å². The predicted octanol–water partition coefficient (Wildman–Crippen LogP) is 1.98. The second-order valence-corrected chi connectivity index (χ2v) is 3.74. The summed E-state index contributed by atoms with van der Waals surface area (Å²) in [5.74, 6) is 1.12. The molecule has 0 aliphatic heterocycles. The first-order valence-corrected chi connectivity index (χ1v) is 5.06. The predicted molar refractivity (Wildman–Crippen MR) is 55.5 cm³/mol. The molecule has 1 aliphatic rings. The third-order valence-electron chi connectivity index (χ3n) is 2.66. The van der Waals surface area contributed by atoms with Gasteiger partial charge in [-0.15, -0.1) is 0 Å². The molecule has 1 aromatic rings. The number of rotatable bonds is 4. The van der Waals surface area contributed by atoms with E-state index in [-0.39, 0.29) is 11.7 Å². The lowest BCUT2D eigenvalue weighted by atomic mass is 9.99. The van der Waals surface area contributed by atoms with Crippen LogP contribution in [-0.2, 0) is 16.0 Å². The first kappa shape index (κ1) is 10.2. The van der Waals surface area contributed by atoms with E-state index >= 15 is 0 Å². The minimum Gasteiger partial charge on any atom is -0.469 e. The van der Waals surface area contributed by atoms with Gasteiger partial charge in [0.25, 0.3) is 0 Å². The van der Waals surface area contributed by atoms with Crippen LogP contribution in [0.25, 0.3) is 0 Å². The molecule has 0 spiro atoms. The van der Waals surface area contributed by atoms with Gasteiger partial charge in [-0.3, -0.25) is 4.79 Å². The van der Waals surface area contributed by atoms with Crippen LogP contribution in [-0.4, -0.2) is 19.5 Å². The Kier molecular flexibility index (Phi) is 3.02. The minimum atomic E-state index is 0.0429. The Bertz CT molecular complexity index is 362. The van der Waals surface area contributed by atoms with Crippen molar-refractivity contribution in [3.63, 3.8) is 0 Å². The largest absolute Gasteiger partial charge is 0.469 e. The Morgan fingerprint density at radius 3 is 3.13 bits per heavy atom. The summed E-state index contributed by atoms with van der Waals surface area (Å²) in [6.45, 7) is 0.424. The molecule has 0 aromatic carbocycles. The normalized spacial score (nSPS) is 20.7. The summed E-state index contributed by atoms with van der Waals surface area (Å²) in [5, 5.41) is 0. The SMILES string of the molecule is COCC1=CCC(Cc2ccco2)C1=O. The summed E-state index contributed by atoms with van der Waals surface area (Å²) >= 11 is 0. The van der Waals surface area contributed by atoms with Gasteiger partial charge in [0.05, 0.1) is 12.9 Å². The van der Waals surface area contributed by atoms with Gasteiger partial charge in [-0.2, -0.15) is 0 Å². The smallest absolute Gasteiger partial charge is 0.164 e. The number of hydrogen-bond donors (Lipinski definition) is 0. The van der Waals surface area contributed by atoms with Gasteiger partial charge in [-0.05, 0) is 18.6 Å². The Balaban J connectivity index is 1.95. The van der Waals surface area contributed by atoms with Crippen molar-refractivity contribution in [2.24, 2.45) is 5.92 Å². The van der Waals surface area contributed by atoms with E-state index in [0.29, 0.717) is 13.0 Å². The molecule has 1 aliphatic carbocycles. The van der Waals surface area contributed by atoms with Crippen molar-refractivity contribution in [1.29, 1.82) is 0 Å². The molecule has 3 heteroatoms. The van der Waals surface area contributed by atoms with E-state index in [1.807, 2.05) is 18.2 Å². The van der Waals surface area contributed by atoms with Gasteiger partial charge >= 0.3 is 0 Å². The Morgan fingerprint density at radius 2 is 2.47 bits per heavy atom. The topological polar surface area (TPSA) is 39.4 Å². The number of ketones is 1. The first-order valence-electron chi connectivity index (χ1n) is 5.06. The molecule has 0 saturated carbocycles. The van der Waals surface area contributed by atoms with Crippen LogP contribution in [0.2, 0.25) is 0 Å². The molecule has 15 heavy (non-hydrogen) atoms. The van der Waals surface area contributed by atoms with Crippen LogP contribution in [0.4, 0.5) is 0 Å². The molecule has 1 aromatic heterocycles. The number of methoxy groups -OCH3 is 1. The summed E-state index contributed by atoms with van der Waals surface area (Å²) in [6, 6.07) is 3.75. The maximum atomic E-state index is 11.8. The van der Waals surface area contributed by atoms with Crippen LogP contribution in [0.15, 0.2) is 34.5 Å². The lowest BCUT2D eigenvalue weighted by Gasteiger charge is -2.06. The van der Waals surface area contributed by atoms with E-state index in [0.717, 1.165) is 17.8 Å². The van der Waals surface area contributed by atoms with Crippen molar-refractivity contribution in [2.45, 2.75) is 12.8 Å². The number of ether oxygens (including phenoxy) is 1. The third-order valence-corrected chi connectivity index (χ3v) is 2.66. The van der Waals surface area contributed by atoms with E-state index in [9.17, 15) is 4.79 Å². The molecule has 3 nitrogen and oxygen atoms in total. The zero-order chi connectivity index (χ0) is 10.7. The molecular formula is C12H14O3. The van der Waals surface area contributed by atoms with Crippen molar-refractivity contribution in [1.82, 2.24) is 0 Å². The van der Waals surface area contributed by atoms with E-state index in [2.05, 4.69) is 0 Å².